The van der Waals surface area contributed by atoms with Gasteiger partial charge in [-0.05, 0) is 18.1 Å². The van der Waals surface area contributed by atoms with Gasteiger partial charge in [0.1, 0.15) is 5.69 Å². The molecular weight excluding hydrogens is 254 g/mol. The van der Waals surface area contributed by atoms with Crippen molar-refractivity contribution in [1.29, 1.82) is 0 Å². The van der Waals surface area contributed by atoms with Crippen molar-refractivity contribution in [2.24, 2.45) is 16.8 Å². The van der Waals surface area contributed by atoms with Crippen molar-refractivity contribution >= 4 is 11.5 Å². The van der Waals surface area contributed by atoms with Gasteiger partial charge in [0.15, 0.2) is 5.84 Å². The van der Waals surface area contributed by atoms with E-state index in [0.29, 0.717) is 11.6 Å². The van der Waals surface area contributed by atoms with Crippen molar-refractivity contribution in [3.63, 3.8) is 0 Å². The van der Waals surface area contributed by atoms with Gasteiger partial charge in [-0.1, -0.05) is 19.0 Å². The smallest absolute Gasteiger partial charge is 0.188 e. The number of nitrogens with two attached hydrogens (primary N) is 1. The number of hydrogen-bond acceptors (Lipinski definition) is 5. The Morgan fingerprint density at radius 2 is 2.05 bits per heavy atom. The summed E-state index contributed by atoms with van der Waals surface area (Å²) >= 11 is 0. The minimum Gasteiger partial charge on any atom is -0.409 e. The molecule has 0 unspecified atom stereocenters. The normalized spacial score (nSPS) is 17.8. The Balaban J connectivity index is 1.94. The summed E-state index contributed by atoms with van der Waals surface area (Å²) in [5, 5.41) is 11.6. The number of nitrogens with zero attached hydrogens (tertiary/aromatic N) is 4. The maximum Gasteiger partial charge on any atom is 0.188 e. The molecular formula is C14H23N5O. The van der Waals surface area contributed by atoms with Gasteiger partial charge in [-0.3, -0.25) is 9.88 Å². The second kappa shape index (κ2) is 6.56. The monoisotopic (exact) mass is 277 g/mol. The minimum atomic E-state index is 0.0401. The maximum absolute atomic E-state index is 8.61. The van der Waals surface area contributed by atoms with Gasteiger partial charge in [0.05, 0.1) is 11.9 Å². The Labute approximate surface area is 119 Å². The first kappa shape index (κ1) is 14.6. The highest BCUT2D eigenvalue weighted by Gasteiger charge is 2.18. The van der Waals surface area contributed by atoms with Crippen molar-refractivity contribution in [1.82, 2.24) is 9.88 Å². The summed E-state index contributed by atoms with van der Waals surface area (Å²) in [7, 11) is 0. The average Bonchev–Trinajstić information content (AvgIpc) is 2.47. The first-order chi connectivity index (χ1) is 9.60. The molecule has 0 bridgehead atoms. The molecule has 1 aliphatic rings. The fraction of sp³-hybridized carbons (Fsp3) is 0.571. The van der Waals surface area contributed by atoms with Crippen molar-refractivity contribution in [2.75, 3.05) is 37.6 Å². The first-order valence-corrected chi connectivity index (χ1v) is 7.01. The number of oxime groups is 1. The molecule has 0 spiro atoms. The van der Waals surface area contributed by atoms with E-state index in [1.165, 1.54) is 0 Å². The van der Waals surface area contributed by atoms with E-state index in [-0.39, 0.29) is 5.84 Å². The van der Waals surface area contributed by atoms with Crippen LogP contribution in [0.3, 0.4) is 0 Å². The van der Waals surface area contributed by atoms with Crippen LogP contribution in [-0.4, -0.2) is 53.7 Å². The third kappa shape index (κ3) is 3.60. The van der Waals surface area contributed by atoms with Crippen molar-refractivity contribution in [3.8, 4) is 0 Å². The van der Waals surface area contributed by atoms with Crippen LogP contribution in [0.1, 0.15) is 19.5 Å². The fourth-order valence-electron chi connectivity index (χ4n) is 2.48. The molecule has 20 heavy (non-hydrogen) atoms. The standard InChI is InChI=1S/C14H23N5O/c1-11(2)10-18-5-7-19(8-6-18)12-3-4-13(16-9-12)14(15)17-20/h3-4,9,11,20H,5-8,10H2,1-2H3,(H2,15,17). The van der Waals surface area contributed by atoms with Crippen LogP contribution in [0, 0.1) is 5.92 Å². The molecule has 6 nitrogen and oxygen atoms in total. The summed E-state index contributed by atoms with van der Waals surface area (Å²) in [5.41, 5.74) is 7.09. The third-order valence-corrected chi connectivity index (χ3v) is 3.48. The molecule has 0 atom stereocenters. The van der Waals surface area contributed by atoms with Gasteiger partial charge in [0.2, 0.25) is 0 Å². The molecule has 1 saturated heterocycles. The van der Waals surface area contributed by atoms with E-state index < -0.39 is 0 Å². The SMILES string of the molecule is CC(C)CN1CCN(c2ccc(/C(N)=N/O)nc2)CC1. The van der Waals surface area contributed by atoms with Crippen molar-refractivity contribution in [3.05, 3.63) is 24.0 Å². The number of amidine groups is 1. The molecule has 0 radical (unpaired) electrons. The lowest BCUT2D eigenvalue weighted by Gasteiger charge is -2.36. The van der Waals surface area contributed by atoms with E-state index in [9.17, 15) is 0 Å². The van der Waals surface area contributed by atoms with Crippen LogP contribution in [0.5, 0.6) is 0 Å². The fourth-order valence-corrected chi connectivity index (χ4v) is 2.48. The summed E-state index contributed by atoms with van der Waals surface area (Å²) in [4.78, 5) is 9.04. The largest absolute Gasteiger partial charge is 0.409 e. The molecule has 2 heterocycles. The molecule has 6 heteroatoms. The molecule has 2 rings (SSSR count). The Morgan fingerprint density at radius 3 is 2.55 bits per heavy atom. The van der Waals surface area contributed by atoms with E-state index in [2.05, 4.69) is 33.8 Å². The van der Waals surface area contributed by atoms with E-state index in [0.717, 1.165) is 38.4 Å². The van der Waals surface area contributed by atoms with Crippen LogP contribution < -0.4 is 10.6 Å². The summed E-state index contributed by atoms with van der Waals surface area (Å²) in [6, 6.07) is 3.75. The number of hydrogen-bond donors (Lipinski definition) is 2. The predicted molar refractivity (Wildman–Crippen MR) is 80.2 cm³/mol. The summed E-state index contributed by atoms with van der Waals surface area (Å²) < 4.78 is 0. The lowest BCUT2D eigenvalue weighted by molar-refractivity contribution is 0.231. The van der Waals surface area contributed by atoms with Crippen LogP contribution >= 0.6 is 0 Å². The molecule has 1 aromatic rings. The van der Waals surface area contributed by atoms with Gasteiger partial charge in [0.25, 0.3) is 0 Å². The summed E-state index contributed by atoms with van der Waals surface area (Å²) in [5.74, 6) is 0.751. The molecule has 1 aromatic heterocycles. The van der Waals surface area contributed by atoms with Crippen molar-refractivity contribution in [2.45, 2.75) is 13.8 Å². The number of pyridine rings is 1. The van der Waals surface area contributed by atoms with Crippen LogP contribution in [0.15, 0.2) is 23.5 Å². The first-order valence-electron chi connectivity index (χ1n) is 7.01. The van der Waals surface area contributed by atoms with E-state index in [4.69, 9.17) is 10.9 Å². The molecule has 0 amide bonds. The van der Waals surface area contributed by atoms with Gasteiger partial charge in [-0.25, -0.2) is 0 Å². The number of anilines is 1. The zero-order chi connectivity index (χ0) is 14.5. The molecule has 110 valence electrons. The van der Waals surface area contributed by atoms with Crippen LogP contribution in [0.25, 0.3) is 0 Å². The molecule has 3 N–H and O–H groups in total. The topological polar surface area (TPSA) is 78.0 Å². The Hall–Kier alpha value is -1.82. The van der Waals surface area contributed by atoms with Crippen LogP contribution in [0.2, 0.25) is 0 Å². The van der Waals surface area contributed by atoms with Gasteiger partial charge >= 0.3 is 0 Å². The maximum atomic E-state index is 8.61. The molecule has 1 fully saturated rings. The summed E-state index contributed by atoms with van der Waals surface area (Å²) in [6.45, 7) is 9.85. The average molecular weight is 277 g/mol. The second-order valence-electron chi connectivity index (χ2n) is 5.57. The minimum absolute atomic E-state index is 0.0401. The number of aromatic nitrogens is 1. The highest BCUT2D eigenvalue weighted by molar-refractivity contribution is 5.95. The highest BCUT2D eigenvalue weighted by Crippen LogP contribution is 2.16. The van der Waals surface area contributed by atoms with E-state index >= 15 is 0 Å². The Morgan fingerprint density at radius 1 is 1.35 bits per heavy atom. The quantitative estimate of drug-likeness (QED) is 0.371. The molecule has 0 saturated carbocycles. The van der Waals surface area contributed by atoms with Gasteiger partial charge in [-0.2, -0.15) is 0 Å². The zero-order valence-electron chi connectivity index (χ0n) is 12.2. The molecule has 0 aromatic carbocycles. The van der Waals surface area contributed by atoms with Crippen LogP contribution in [0.4, 0.5) is 5.69 Å². The zero-order valence-corrected chi connectivity index (χ0v) is 12.2. The van der Waals surface area contributed by atoms with Gasteiger partial charge in [-0.15, -0.1) is 0 Å². The summed E-state index contributed by atoms with van der Waals surface area (Å²) in [6.07, 6.45) is 1.78. The number of piperazine rings is 1. The Kier molecular flexibility index (Phi) is 4.79. The van der Waals surface area contributed by atoms with E-state index in [1.807, 2.05) is 6.07 Å². The Bertz CT molecular complexity index is 449. The predicted octanol–water partition coefficient (Wildman–Crippen LogP) is 0.954. The van der Waals surface area contributed by atoms with Gasteiger partial charge < -0.3 is 15.8 Å². The highest BCUT2D eigenvalue weighted by atomic mass is 16.4. The van der Waals surface area contributed by atoms with Crippen molar-refractivity contribution < 1.29 is 5.21 Å². The second-order valence-corrected chi connectivity index (χ2v) is 5.57. The number of rotatable bonds is 4. The molecule has 0 aliphatic carbocycles. The van der Waals surface area contributed by atoms with Gasteiger partial charge in [0, 0.05) is 32.7 Å². The van der Waals surface area contributed by atoms with Crippen LogP contribution in [-0.2, 0) is 0 Å². The molecule has 1 aliphatic heterocycles. The third-order valence-electron chi connectivity index (χ3n) is 3.48. The van der Waals surface area contributed by atoms with E-state index in [1.54, 1.807) is 12.3 Å². The lowest BCUT2D eigenvalue weighted by Crippen LogP contribution is -2.47. The lowest BCUT2D eigenvalue weighted by atomic mass is 10.2.